The van der Waals surface area contributed by atoms with E-state index in [4.69, 9.17) is 0 Å². The van der Waals surface area contributed by atoms with Gasteiger partial charge in [0.15, 0.2) is 0 Å². The molecule has 4 heteroatoms. The molecule has 18 heavy (non-hydrogen) atoms. The number of aromatic nitrogens is 1. The van der Waals surface area contributed by atoms with Crippen molar-refractivity contribution < 1.29 is 9.59 Å². The van der Waals surface area contributed by atoms with E-state index in [-0.39, 0.29) is 11.8 Å². The highest BCUT2D eigenvalue weighted by molar-refractivity contribution is 6.33. The summed E-state index contributed by atoms with van der Waals surface area (Å²) < 4.78 is 0. The molecular weight excluding hydrogens is 228 g/mol. The van der Waals surface area contributed by atoms with E-state index in [9.17, 15) is 9.59 Å². The molecule has 2 heterocycles. The lowest BCUT2D eigenvalue weighted by Crippen LogP contribution is -2.32. The van der Waals surface area contributed by atoms with E-state index in [1.807, 2.05) is 19.1 Å². The molecule has 0 saturated heterocycles. The second-order valence-corrected chi connectivity index (χ2v) is 4.47. The van der Waals surface area contributed by atoms with Crippen molar-refractivity contribution in [2.75, 3.05) is 4.90 Å². The topological polar surface area (TPSA) is 50.3 Å². The number of imide groups is 1. The largest absolute Gasteiger partial charge is 0.268 e. The minimum Gasteiger partial charge on any atom is -0.268 e. The van der Waals surface area contributed by atoms with Gasteiger partial charge in [0, 0.05) is 17.3 Å². The van der Waals surface area contributed by atoms with Crippen LogP contribution in [0.15, 0.2) is 41.6 Å². The van der Waals surface area contributed by atoms with Crippen LogP contribution in [0.5, 0.6) is 0 Å². The zero-order valence-electron chi connectivity index (χ0n) is 10.0. The Morgan fingerprint density at radius 1 is 1.22 bits per heavy atom. The molecule has 3 rings (SSSR count). The van der Waals surface area contributed by atoms with Gasteiger partial charge >= 0.3 is 0 Å². The third-order valence-electron chi connectivity index (χ3n) is 3.19. The Morgan fingerprint density at radius 2 is 2.06 bits per heavy atom. The van der Waals surface area contributed by atoms with Crippen molar-refractivity contribution in [1.29, 1.82) is 0 Å². The molecule has 1 aliphatic carbocycles. The lowest BCUT2D eigenvalue weighted by atomic mass is 10.00. The maximum Gasteiger partial charge on any atom is 0.267 e. The Bertz CT molecular complexity index is 597. The summed E-state index contributed by atoms with van der Waals surface area (Å²) in [5, 5.41) is 0. The van der Waals surface area contributed by atoms with E-state index in [1.165, 1.54) is 4.90 Å². The van der Waals surface area contributed by atoms with Crippen LogP contribution < -0.4 is 4.90 Å². The molecule has 90 valence electrons. The van der Waals surface area contributed by atoms with Gasteiger partial charge in [-0.3, -0.25) is 9.59 Å². The fourth-order valence-electron chi connectivity index (χ4n) is 2.23. The van der Waals surface area contributed by atoms with Gasteiger partial charge in [0.05, 0.1) is 0 Å². The van der Waals surface area contributed by atoms with E-state index in [0.717, 1.165) is 12.0 Å². The molecule has 0 N–H and O–H groups in total. The number of allylic oxidation sites excluding steroid dienone is 1. The molecule has 0 fully saturated rings. The van der Waals surface area contributed by atoms with E-state index in [0.29, 0.717) is 23.4 Å². The van der Waals surface area contributed by atoms with Gasteiger partial charge in [0.2, 0.25) is 0 Å². The summed E-state index contributed by atoms with van der Waals surface area (Å²) in [6, 6.07) is 3.54. The standard InChI is InChI=1S/C14H12N2O2/c1-9-6-7-12(15-8-9)16-13(17)10-4-2-3-5-11(10)14(16)18/h2,4,6-8H,3,5H2,1H3. The summed E-state index contributed by atoms with van der Waals surface area (Å²) in [6.45, 7) is 1.91. The summed E-state index contributed by atoms with van der Waals surface area (Å²) in [6.07, 6.45) is 6.78. The molecule has 0 spiro atoms. The average Bonchev–Trinajstić information content (AvgIpc) is 2.64. The first-order valence-electron chi connectivity index (χ1n) is 5.89. The van der Waals surface area contributed by atoms with Crippen LogP contribution in [0.1, 0.15) is 18.4 Å². The second-order valence-electron chi connectivity index (χ2n) is 4.47. The van der Waals surface area contributed by atoms with Gasteiger partial charge in [-0.05, 0) is 31.4 Å². The molecule has 2 amide bonds. The lowest BCUT2D eigenvalue weighted by Gasteiger charge is -2.13. The summed E-state index contributed by atoms with van der Waals surface area (Å²) >= 11 is 0. The van der Waals surface area contributed by atoms with Crippen LogP contribution >= 0.6 is 0 Å². The minimum atomic E-state index is -0.262. The number of hydrogen-bond acceptors (Lipinski definition) is 3. The fourth-order valence-corrected chi connectivity index (χ4v) is 2.23. The van der Waals surface area contributed by atoms with Crippen LogP contribution in [0.4, 0.5) is 5.82 Å². The average molecular weight is 240 g/mol. The van der Waals surface area contributed by atoms with Gasteiger partial charge in [-0.1, -0.05) is 18.2 Å². The molecule has 0 saturated carbocycles. The molecule has 4 nitrogen and oxygen atoms in total. The predicted molar refractivity (Wildman–Crippen MR) is 66.9 cm³/mol. The van der Waals surface area contributed by atoms with Crippen LogP contribution in [0.3, 0.4) is 0 Å². The summed E-state index contributed by atoms with van der Waals surface area (Å²) in [5.74, 6) is -0.0867. The van der Waals surface area contributed by atoms with Crippen molar-refractivity contribution in [3.8, 4) is 0 Å². The van der Waals surface area contributed by atoms with E-state index < -0.39 is 0 Å². The number of hydrogen-bond donors (Lipinski definition) is 0. The second kappa shape index (κ2) is 3.91. The zero-order valence-corrected chi connectivity index (χ0v) is 10.0. The summed E-state index contributed by atoms with van der Waals surface area (Å²) in [4.78, 5) is 29.7. The van der Waals surface area contributed by atoms with Crippen molar-refractivity contribution in [2.24, 2.45) is 0 Å². The number of nitrogens with zero attached hydrogens (tertiary/aromatic N) is 2. The Kier molecular flexibility index (Phi) is 2.37. The SMILES string of the molecule is Cc1ccc(N2C(=O)C3=C(CCC=C3)C2=O)nc1. The molecule has 0 unspecified atom stereocenters. The molecule has 0 aromatic carbocycles. The molecular formula is C14H12N2O2. The first-order chi connectivity index (χ1) is 8.68. The molecule has 0 bridgehead atoms. The Labute approximate surface area is 105 Å². The van der Waals surface area contributed by atoms with Crippen molar-refractivity contribution in [2.45, 2.75) is 19.8 Å². The maximum absolute atomic E-state index is 12.2. The minimum absolute atomic E-state index is 0.226. The lowest BCUT2D eigenvalue weighted by molar-refractivity contribution is -0.120. The number of anilines is 1. The van der Waals surface area contributed by atoms with Crippen LogP contribution in [-0.2, 0) is 9.59 Å². The van der Waals surface area contributed by atoms with Crippen molar-refractivity contribution in [3.63, 3.8) is 0 Å². The number of carbonyl (C=O) groups excluding carboxylic acids is 2. The van der Waals surface area contributed by atoms with Crippen molar-refractivity contribution in [1.82, 2.24) is 4.98 Å². The van der Waals surface area contributed by atoms with Gasteiger partial charge in [0.25, 0.3) is 11.8 Å². The van der Waals surface area contributed by atoms with Gasteiger partial charge in [-0.25, -0.2) is 9.88 Å². The first-order valence-corrected chi connectivity index (χ1v) is 5.89. The van der Waals surface area contributed by atoms with Gasteiger partial charge in [-0.15, -0.1) is 0 Å². The predicted octanol–water partition coefficient (Wildman–Crippen LogP) is 1.91. The highest BCUT2D eigenvalue weighted by Gasteiger charge is 2.38. The quantitative estimate of drug-likeness (QED) is 0.704. The molecule has 0 atom stereocenters. The van der Waals surface area contributed by atoms with Crippen molar-refractivity contribution in [3.05, 3.63) is 47.2 Å². The van der Waals surface area contributed by atoms with E-state index in [2.05, 4.69) is 4.98 Å². The van der Waals surface area contributed by atoms with Gasteiger partial charge < -0.3 is 0 Å². The highest BCUT2D eigenvalue weighted by atomic mass is 16.2. The molecule has 1 aromatic heterocycles. The van der Waals surface area contributed by atoms with Gasteiger partial charge in [-0.2, -0.15) is 0 Å². The number of amides is 2. The Morgan fingerprint density at radius 3 is 2.72 bits per heavy atom. The number of carbonyl (C=O) groups is 2. The molecule has 1 aliphatic heterocycles. The third kappa shape index (κ3) is 1.49. The van der Waals surface area contributed by atoms with Gasteiger partial charge in [0.1, 0.15) is 5.82 Å². The van der Waals surface area contributed by atoms with E-state index >= 15 is 0 Å². The number of rotatable bonds is 1. The summed E-state index contributed by atoms with van der Waals surface area (Å²) in [7, 11) is 0. The van der Waals surface area contributed by atoms with E-state index in [1.54, 1.807) is 18.3 Å². The number of aryl methyl sites for hydroxylation is 1. The number of pyridine rings is 1. The first kappa shape index (κ1) is 10.9. The van der Waals surface area contributed by atoms with Crippen LogP contribution in [0.25, 0.3) is 0 Å². The maximum atomic E-state index is 12.2. The van der Waals surface area contributed by atoms with Crippen LogP contribution in [0, 0.1) is 6.92 Å². The highest BCUT2D eigenvalue weighted by Crippen LogP contribution is 2.31. The Balaban J connectivity index is 2.02. The summed E-state index contributed by atoms with van der Waals surface area (Å²) in [5.41, 5.74) is 2.13. The smallest absolute Gasteiger partial charge is 0.267 e. The monoisotopic (exact) mass is 240 g/mol. The van der Waals surface area contributed by atoms with Crippen LogP contribution in [0.2, 0.25) is 0 Å². The third-order valence-corrected chi connectivity index (χ3v) is 3.19. The zero-order chi connectivity index (χ0) is 12.7. The Hall–Kier alpha value is -2.23. The van der Waals surface area contributed by atoms with Crippen molar-refractivity contribution >= 4 is 17.6 Å². The molecule has 0 radical (unpaired) electrons. The molecule has 2 aliphatic rings. The normalized spacial score (nSPS) is 18.6. The van der Waals surface area contributed by atoms with Crippen LogP contribution in [-0.4, -0.2) is 16.8 Å². The fraction of sp³-hybridized carbons (Fsp3) is 0.214. The molecule has 1 aromatic rings.